The Labute approximate surface area is 77.4 Å². The lowest BCUT2D eigenvalue weighted by Gasteiger charge is -1.97. The molecule has 3 rings (SSSR count). The lowest BCUT2D eigenvalue weighted by Crippen LogP contribution is -2.17. The zero-order valence-corrected chi connectivity index (χ0v) is 7.66. The summed E-state index contributed by atoms with van der Waals surface area (Å²) in [5.74, 6) is 2.95. The Hall–Kier alpha value is -0.900. The Kier molecular flexibility index (Phi) is 1.62. The molecule has 0 spiro atoms. The molecule has 13 heavy (non-hydrogen) atoms. The van der Waals surface area contributed by atoms with Crippen molar-refractivity contribution >= 4 is 0 Å². The second-order valence-electron chi connectivity index (χ2n) is 3.88. The fraction of sp³-hybridized carbons (Fsp3) is 0.778. The van der Waals surface area contributed by atoms with Crippen molar-refractivity contribution in [2.75, 3.05) is 13.1 Å². The highest BCUT2D eigenvalue weighted by atomic mass is 15.4. The third kappa shape index (κ3) is 1.35. The molecule has 1 saturated carbocycles. The minimum Gasteiger partial charge on any atom is -0.314 e. The van der Waals surface area contributed by atoms with Crippen molar-refractivity contribution in [1.82, 2.24) is 20.1 Å². The second kappa shape index (κ2) is 2.80. The summed E-state index contributed by atoms with van der Waals surface area (Å²) in [6.45, 7) is 3.05. The van der Waals surface area contributed by atoms with Crippen LogP contribution in [0.3, 0.4) is 0 Å². The topological polar surface area (TPSA) is 42.7 Å². The van der Waals surface area contributed by atoms with E-state index in [0.717, 1.165) is 31.9 Å². The molecule has 0 atom stereocenters. The highest BCUT2D eigenvalue weighted by Crippen LogP contribution is 2.38. The van der Waals surface area contributed by atoms with Crippen molar-refractivity contribution in [3.63, 3.8) is 0 Å². The number of aromatic nitrogens is 3. The molecule has 0 unspecified atom stereocenters. The summed E-state index contributed by atoms with van der Waals surface area (Å²) in [6.07, 6.45) is 3.61. The van der Waals surface area contributed by atoms with Gasteiger partial charge in [-0.05, 0) is 12.8 Å². The van der Waals surface area contributed by atoms with Gasteiger partial charge in [0.25, 0.3) is 0 Å². The van der Waals surface area contributed by atoms with E-state index in [1.165, 1.54) is 18.7 Å². The van der Waals surface area contributed by atoms with Crippen LogP contribution in [0.1, 0.15) is 30.4 Å². The quantitative estimate of drug-likeness (QED) is 0.672. The molecule has 1 fully saturated rings. The Morgan fingerprint density at radius 1 is 1.31 bits per heavy atom. The minimum absolute atomic E-state index is 0.687. The molecule has 1 aromatic rings. The molecule has 0 amide bonds. The number of hydrogen-bond donors (Lipinski definition) is 1. The monoisotopic (exact) mass is 178 g/mol. The van der Waals surface area contributed by atoms with Gasteiger partial charge in [-0.15, -0.1) is 0 Å². The fourth-order valence-corrected chi connectivity index (χ4v) is 1.78. The van der Waals surface area contributed by atoms with E-state index in [1.54, 1.807) is 0 Å². The van der Waals surface area contributed by atoms with Gasteiger partial charge in [0.05, 0.1) is 6.54 Å². The number of fused-ring (bicyclic) bond motifs is 1. The first-order chi connectivity index (χ1) is 6.43. The third-order valence-corrected chi connectivity index (χ3v) is 2.73. The Balaban J connectivity index is 1.92. The first-order valence-electron chi connectivity index (χ1n) is 5.08. The van der Waals surface area contributed by atoms with E-state index in [-0.39, 0.29) is 0 Å². The van der Waals surface area contributed by atoms with Crippen LogP contribution in [0.2, 0.25) is 0 Å². The van der Waals surface area contributed by atoms with Crippen molar-refractivity contribution in [1.29, 1.82) is 0 Å². The van der Waals surface area contributed by atoms with Crippen LogP contribution in [0.5, 0.6) is 0 Å². The predicted molar refractivity (Wildman–Crippen MR) is 48.6 cm³/mol. The first-order valence-corrected chi connectivity index (χ1v) is 5.08. The SMILES string of the molecule is C1Cc2nc(C3CC3)nn2CCN1. The van der Waals surface area contributed by atoms with Crippen LogP contribution in [-0.4, -0.2) is 27.9 Å². The van der Waals surface area contributed by atoms with Crippen LogP contribution in [-0.2, 0) is 13.0 Å². The fourth-order valence-electron chi connectivity index (χ4n) is 1.78. The second-order valence-corrected chi connectivity index (χ2v) is 3.88. The van der Waals surface area contributed by atoms with Crippen LogP contribution in [0, 0.1) is 0 Å². The van der Waals surface area contributed by atoms with Gasteiger partial charge in [-0.1, -0.05) is 0 Å². The molecule has 4 heteroatoms. The summed E-state index contributed by atoms with van der Waals surface area (Å²) in [5.41, 5.74) is 0. The van der Waals surface area contributed by atoms with E-state index in [0.29, 0.717) is 5.92 Å². The molecular formula is C9H14N4. The predicted octanol–water partition coefficient (Wildman–Crippen LogP) is 0.301. The molecule has 2 heterocycles. The molecule has 4 nitrogen and oxygen atoms in total. The van der Waals surface area contributed by atoms with Gasteiger partial charge in [0, 0.05) is 25.4 Å². The minimum atomic E-state index is 0.687. The maximum absolute atomic E-state index is 4.58. The molecule has 1 aliphatic carbocycles. The molecule has 0 saturated heterocycles. The number of hydrogen-bond acceptors (Lipinski definition) is 3. The van der Waals surface area contributed by atoms with Gasteiger partial charge < -0.3 is 5.32 Å². The van der Waals surface area contributed by atoms with Crippen LogP contribution in [0.15, 0.2) is 0 Å². The van der Waals surface area contributed by atoms with Crippen molar-refractivity contribution in [3.05, 3.63) is 11.6 Å². The summed E-state index contributed by atoms with van der Waals surface area (Å²) in [6, 6.07) is 0. The van der Waals surface area contributed by atoms with E-state index < -0.39 is 0 Å². The summed E-state index contributed by atoms with van der Waals surface area (Å²) in [4.78, 5) is 4.58. The highest BCUT2D eigenvalue weighted by molar-refractivity contribution is 5.06. The van der Waals surface area contributed by atoms with E-state index in [9.17, 15) is 0 Å². The molecule has 2 aliphatic rings. The maximum Gasteiger partial charge on any atom is 0.154 e. The number of nitrogens with zero attached hydrogens (tertiary/aromatic N) is 3. The van der Waals surface area contributed by atoms with E-state index >= 15 is 0 Å². The average molecular weight is 178 g/mol. The van der Waals surface area contributed by atoms with Crippen molar-refractivity contribution in [2.24, 2.45) is 0 Å². The summed E-state index contributed by atoms with van der Waals surface area (Å²) >= 11 is 0. The van der Waals surface area contributed by atoms with Gasteiger partial charge >= 0.3 is 0 Å². The Morgan fingerprint density at radius 2 is 2.23 bits per heavy atom. The standard InChI is InChI=1S/C9H14N4/c1-2-7(1)9-11-8-3-4-10-5-6-13(8)12-9/h7,10H,1-6H2. The molecule has 70 valence electrons. The van der Waals surface area contributed by atoms with E-state index in [2.05, 4.69) is 20.1 Å². The highest BCUT2D eigenvalue weighted by Gasteiger charge is 2.28. The lowest BCUT2D eigenvalue weighted by molar-refractivity contribution is 0.582. The molecule has 0 radical (unpaired) electrons. The van der Waals surface area contributed by atoms with Crippen LogP contribution in [0.4, 0.5) is 0 Å². The van der Waals surface area contributed by atoms with Crippen LogP contribution >= 0.6 is 0 Å². The van der Waals surface area contributed by atoms with Crippen molar-refractivity contribution < 1.29 is 0 Å². The summed E-state index contributed by atoms with van der Waals surface area (Å²) in [7, 11) is 0. The van der Waals surface area contributed by atoms with Gasteiger partial charge in [0.1, 0.15) is 5.82 Å². The number of rotatable bonds is 1. The first kappa shape index (κ1) is 7.50. The largest absolute Gasteiger partial charge is 0.314 e. The summed E-state index contributed by atoms with van der Waals surface area (Å²) < 4.78 is 2.08. The maximum atomic E-state index is 4.58. The normalized spacial score (nSPS) is 22.5. The molecule has 0 aromatic carbocycles. The average Bonchev–Trinajstić information content (AvgIpc) is 2.93. The molecule has 1 N–H and O–H groups in total. The number of nitrogens with one attached hydrogen (secondary N) is 1. The van der Waals surface area contributed by atoms with Gasteiger partial charge in [0.15, 0.2) is 5.82 Å². The lowest BCUT2D eigenvalue weighted by atomic mass is 10.4. The van der Waals surface area contributed by atoms with Gasteiger partial charge in [-0.25, -0.2) is 9.67 Å². The Bertz CT molecular complexity index is 290. The zero-order chi connectivity index (χ0) is 8.67. The third-order valence-electron chi connectivity index (χ3n) is 2.73. The van der Waals surface area contributed by atoms with Gasteiger partial charge in [-0.3, -0.25) is 0 Å². The molecule has 1 aromatic heterocycles. The van der Waals surface area contributed by atoms with Crippen LogP contribution < -0.4 is 5.32 Å². The van der Waals surface area contributed by atoms with Crippen LogP contribution in [0.25, 0.3) is 0 Å². The molecular weight excluding hydrogens is 164 g/mol. The van der Waals surface area contributed by atoms with E-state index in [1.807, 2.05) is 0 Å². The van der Waals surface area contributed by atoms with Gasteiger partial charge in [0.2, 0.25) is 0 Å². The van der Waals surface area contributed by atoms with Gasteiger partial charge in [-0.2, -0.15) is 5.10 Å². The zero-order valence-electron chi connectivity index (χ0n) is 7.66. The molecule has 1 aliphatic heterocycles. The molecule has 0 bridgehead atoms. The Morgan fingerprint density at radius 3 is 3.08 bits per heavy atom. The van der Waals surface area contributed by atoms with E-state index in [4.69, 9.17) is 0 Å². The smallest absolute Gasteiger partial charge is 0.154 e. The summed E-state index contributed by atoms with van der Waals surface area (Å²) in [5, 5.41) is 7.88. The van der Waals surface area contributed by atoms with Crippen molar-refractivity contribution in [3.8, 4) is 0 Å². The van der Waals surface area contributed by atoms with Crippen molar-refractivity contribution in [2.45, 2.75) is 31.7 Å².